The summed E-state index contributed by atoms with van der Waals surface area (Å²) >= 11 is 0. The van der Waals surface area contributed by atoms with E-state index in [2.05, 4.69) is 10.1 Å². The van der Waals surface area contributed by atoms with Gasteiger partial charge in [-0.05, 0) is 31.4 Å². The minimum absolute atomic E-state index is 0.173. The Labute approximate surface area is 129 Å². The quantitative estimate of drug-likeness (QED) is 0.680. The fraction of sp³-hybridized carbons (Fsp3) is 0.438. The summed E-state index contributed by atoms with van der Waals surface area (Å²) in [5, 5.41) is 2.61. The molecule has 1 aliphatic rings. The number of carbonyl (C=O) groups excluding carboxylic acids is 3. The number of ether oxygens (including phenoxy) is 1. The van der Waals surface area contributed by atoms with Crippen LogP contribution in [0, 0.1) is 0 Å². The van der Waals surface area contributed by atoms with E-state index in [4.69, 9.17) is 0 Å². The number of esters is 1. The lowest BCUT2D eigenvalue weighted by Gasteiger charge is -2.26. The molecule has 6 nitrogen and oxygen atoms in total. The Kier molecular flexibility index (Phi) is 5.52. The lowest BCUT2D eigenvalue weighted by atomic mass is 10.1. The predicted octanol–water partition coefficient (Wildman–Crippen LogP) is 1.81. The number of nitrogens with zero attached hydrogens (tertiary/aromatic N) is 1. The third kappa shape index (κ3) is 4.07. The summed E-state index contributed by atoms with van der Waals surface area (Å²) in [6, 6.07) is 6.55. The summed E-state index contributed by atoms with van der Waals surface area (Å²) in [4.78, 5) is 37.4. The number of likely N-dealkylation sites (tertiary alicyclic amines) is 1. The average molecular weight is 304 g/mol. The Morgan fingerprint density at radius 2 is 1.82 bits per heavy atom. The highest BCUT2D eigenvalue weighted by molar-refractivity contribution is 6.06. The monoisotopic (exact) mass is 304 g/mol. The number of hydrogen-bond acceptors (Lipinski definition) is 4. The van der Waals surface area contributed by atoms with E-state index in [1.165, 1.54) is 7.11 Å². The predicted molar refractivity (Wildman–Crippen MR) is 81.5 cm³/mol. The van der Waals surface area contributed by atoms with Gasteiger partial charge in [0.15, 0.2) is 0 Å². The van der Waals surface area contributed by atoms with Gasteiger partial charge < -0.3 is 15.0 Å². The zero-order valence-electron chi connectivity index (χ0n) is 12.6. The second-order valence-corrected chi connectivity index (χ2v) is 5.20. The number of benzene rings is 1. The van der Waals surface area contributed by atoms with Gasteiger partial charge in [-0.1, -0.05) is 12.1 Å². The number of para-hydroxylation sites is 1. The molecule has 0 aromatic heterocycles. The second-order valence-electron chi connectivity index (χ2n) is 5.20. The fourth-order valence-electron chi connectivity index (χ4n) is 2.47. The zero-order valence-corrected chi connectivity index (χ0v) is 12.6. The van der Waals surface area contributed by atoms with Gasteiger partial charge in [-0.3, -0.25) is 9.59 Å². The standard InChI is InChI=1S/C16H20N2O4/c1-22-16(21)12-7-3-4-8-13(12)17-14(19)11-15(20)18-9-5-2-6-10-18/h3-4,7-8H,2,5-6,9-11H2,1H3,(H,17,19). The van der Waals surface area contributed by atoms with Crippen LogP contribution in [0.15, 0.2) is 24.3 Å². The van der Waals surface area contributed by atoms with Gasteiger partial charge in [0.05, 0.1) is 18.4 Å². The van der Waals surface area contributed by atoms with Crippen molar-refractivity contribution >= 4 is 23.5 Å². The van der Waals surface area contributed by atoms with Gasteiger partial charge in [0.1, 0.15) is 6.42 Å². The molecule has 0 atom stereocenters. The zero-order chi connectivity index (χ0) is 15.9. The third-order valence-corrected chi connectivity index (χ3v) is 3.63. The fourth-order valence-corrected chi connectivity index (χ4v) is 2.47. The van der Waals surface area contributed by atoms with Crippen molar-refractivity contribution in [2.75, 3.05) is 25.5 Å². The lowest BCUT2D eigenvalue weighted by Crippen LogP contribution is -2.37. The molecule has 1 aromatic rings. The minimum Gasteiger partial charge on any atom is -0.465 e. The van der Waals surface area contributed by atoms with Crippen molar-refractivity contribution in [2.45, 2.75) is 25.7 Å². The number of anilines is 1. The molecule has 2 amide bonds. The number of methoxy groups -OCH3 is 1. The molecule has 1 saturated heterocycles. The van der Waals surface area contributed by atoms with Crippen molar-refractivity contribution in [1.29, 1.82) is 0 Å². The van der Waals surface area contributed by atoms with E-state index in [0.29, 0.717) is 18.8 Å². The second kappa shape index (κ2) is 7.59. The molecule has 1 heterocycles. The number of nitrogens with one attached hydrogen (secondary N) is 1. The molecule has 1 N–H and O–H groups in total. The number of rotatable bonds is 4. The van der Waals surface area contributed by atoms with Crippen LogP contribution in [0.5, 0.6) is 0 Å². The van der Waals surface area contributed by atoms with E-state index < -0.39 is 11.9 Å². The molecule has 0 bridgehead atoms. The van der Waals surface area contributed by atoms with Crippen LogP contribution in [0.25, 0.3) is 0 Å². The van der Waals surface area contributed by atoms with E-state index >= 15 is 0 Å². The van der Waals surface area contributed by atoms with E-state index in [9.17, 15) is 14.4 Å². The maximum atomic E-state index is 12.0. The van der Waals surface area contributed by atoms with Gasteiger partial charge >= 0.3 is 5.97 Å². The lowest BCUT2D eigenvalue weighted by molar-refractivity contribution is -0.135. The van der Waals surface area contributed by atoms with Crippen molar-refractivity contribution in [1.82, 2.24) is 4.90 Å². The first-order valence-corrected chi connectivity index (χ1v) is 7.37. The SMILES string of the molecule is COC(=O)c1ccccc1NC(=O)CC(=O)N1CCCCC1. The van der Waals surface area contributed by atoms with Gasteiger partial charge in [0.25, 0.3) is 0 Å². The van der Waals surface area contributed by atoms with Crippen molar-refractivity contribution in [3.63, 3.8) is 0 Å². The molecule has 1 aromatic carbocycles. The highest BCUT2D eigenvalue weighted by Crippen LogP contribution is 2.17. The van der Waals surface area contributed by atoms with Crippen molar-refractivity contribution in [2.24, 2.45) is 0 Å². The van der Waals surface area contributed by atoms with Crippen LogP contribution in [0.1, 0.15) is 36.0 Å². The molecule has 0 radical (unpaired) electrons. The van der Waals surface area contributed by atoms with E-state index in [1.807, 2.05) is 0 Å². The molecule has 0 saturated carbocycles. The molecular formula is C16H20N2O4. The van der Waals surface area contributed by atoms with Crippen LogP contribution in [0.2, 0.25) is 0 Å². The molecule has 0 spiro atoms. The molecule has 6 heteroatoms. The number of amides is 2. The molecule has 0 aliphatic carbocycles. The summed E-state index contributed by atoms with van der Waals surface area (Å²) in [6.45, 7) is 1.43. The molecular weight excluding hydrogens is 284 g/mol. The van der Waals surface area contributed by atoms with Crippen LogP contribution in [0.3, 0.4) is 0 Å². The topological polar surface area (TPSA) is 75.7 Å². The van der Waals surface area contributed by atoms with Crippen LogP contribution < -0.4 is 5.32 Å². The first kappa shape index (κ1) is 16.0. The summed E-state index contributed by atoms with van der Waals surface area (Å²) in [5.74, 6) is -1.13. The Morgan fingerprint density at radius 3 is 2.50 bits per heavy atom. The molecule has 118 valence electrons. The Balaban J connectivity index is 1.97. The van der Waals surface area contributed by atoms with E-state index in [0.717, 1.165) is 19.3 Å². The highest BCUT2D eigenvalue weighted by Gasteiger charge is 2.20. The van der Waals surface area contributed by atoms with Crippen molar-refractivity contribution < 1.29 is 19.1 Å². The summed E-state index contributed by atoms with van der Waals surface area (Å²) in [5.41, 5.74) is 0.620. The van der Waals surface area contributed by atoms with Gasteiger partial charge in [0, 0.05) is 13.1 Å². The first-order chi connectivity index (χ1) is 10.6. The Bertz CT molecular complexity index is 565. The third-order valence-electron chi connectivity index (χ3n) is 3.63. The Hall–Kier alpha value is -2.37. The van der Waals surface area contributed by atoms with Crippen molar-refractivity contribution in [3.05, 3.63) is 29.8 Å². The molecule has 1 aliphatic heterocycles. The van der Waals surface area contributed by atoms with Gasteiger partial charge in [0.2, 0.25) is 11.8 Å². The minimum atomic E-state index is -0.529. The summed E-state index contributed by atoms with van der Waals surface area (Å²) in [7, 11) is 1.28. The number of hydrogen-bond donors (Lipinski definition) is 1. The first-order valence-electron chi connectivity index (χ1n) is 7.37. The van der Waals surface area contributed by atoms with Crippen molar-refractivity contribution in [3.8, 4) is 0 Å². The smallest absolute Gasteiger partial charge is 0.339 e. The van der Waals surface area contributed by atoms with Gasteiger partial charge in [-0.25, -0.2) is 4.79 Å². The highest BCUT2D eigenvalue weighted by atomic mass is 16.5. The Morgan fingerprint density at radius 1 is 1.14 bits per heavy atom. The maximum absolute atomic E-state index is 12.0. The summed E-state index contributed by atoms with van der Waals surface area (Å²) in [6.07, 6.45) is 2.88. The van der Waals surface area contributed by atoms with Crippen LogP contribution in [-0.4, -0.2) is 42.9 Å². The number of piperidine rings is 1. The maximum Gasteiger partial charge on any atom is 0.339 e. The van der Waals surface area contributed by atoms with Crippen LogP contribution in [0.4, 0.5) is 5.69 Å². The summed E-state index contributed by atoms with van der Waals surface area (Å²) < 4.78 is 4.67. The molecule has 0 unspecified atom stereocenters. The molecule has 22 heavy (non-hydrogen) atoms. The van der Waals surface area contributed by atoms with E-state index in [-0.39, 0.29) is 17.9 Å². The average Bonchev–Trinajstić information content (AvgIpc) is 2.55. The number of carbonyl (C=O) groups is 3. The van der Waals surface area contributed by atoms with E-state index in [1.54, 1.807) is 29.2 Å². The molecule has 1 fully saturated rings. The normalized spacial score (nSPS) is 14.3. The van der Waals surface area contributed by atoms with Gasteiger partial charge in [-0.15, -0.1) is 0 Å². The van der Waals surface area contributed by atoms with Gasteiger partial charge in [-0.2, -0.15) is 0 Å². The largest absolute Gasteiger partial charge is 0.465 e. The molecule has 2 rings (SSSR count). The van der Waals surface area contributed by atoms with Crippen LogP contribution >= 0.6 is 0 Å². The van der Waals surface area contributed by atoms with Crippen LogP contribution in [-0.2, 0) is 14.3 Å².